The molecule has 1 aromatic rings. The molecule has 1 aromatic carbocycles. The number of halogens is 2. The number of benzene rings is 1. The molecule has 1 saturated heterocycles. The minimum atomic E-state index is -1.54. The highest BCUT2D eigenvalue weighted by atomic mass is 79.9. The molecule has 28 heavy (non-hydrogen) atoms. The Kier molecular flexibility index (Phi) is 6.81. The van der Waals surface area contributed by atoms with Crippen molar-refractivity contribution in [3.63, 3.8) is 0 Å². The second-order valence-electron chi connectivity index (χ2n) is 6.16. The third-order valence-corrected chi connectivity index (χ3v) is 5.34. The number of nitrogens with zero attached hydrogens (tertiary/aromatic N) is 1. The largest absolute Gasteiger partial charge is 0.460 e. The highest BCUT2D eigenvalue weighted by Crippen LogP contribution is 2.39. The number of aliphatic imine (C=N–C) groups is 1. The number of hydrogen-bond acceptors (Lipinski definition) is 8. The molecule has 0 unspecified atom stereocenters. The Bertz CT molecular complexity index is 811. The van der Waals surface area contributed by atoms with Gasteiger partial charge in [-0.1, -0.05) is 0 Å². The van der Waals surface area contributed by atoms with Gasteiger partial charge in [0.25, 0.3) is 0 Å². The SMILES string of the molecule is O=C1C=CC(=Nc2cc(Br)c(O[C@@H]3O[C@H](CO)[C@@H](O)[C@H](O)[C@H]3O)c(Br)c2)C=C1. The average molecular weight is 519 g/mol. The number of carbonyl (C=O) groups excluding carboxylic acids is 1. The van der Waals surface area contributed by atoms with Gasteiger partial charge in [0.1, 0.15) is 24.4 Å². The summed E-state index contributed by atoms with van der Waals surface area (Å²) in [6.07, 6.45) is -0.870. The summed E-state index contributed by atoms with van der Waals surface area (Å²) in [5.74, 6) is 0.169. The number of rotatable bonds is 4. The number of aliphatic hydroxyl groups is 4. The molecule has 1 heterocycles. The first-order valence-corrected chi connectivity index (χ1v) is 9.84. The Morgan fingerprint density at radius 3 is 2.18 bits per heavy atom. The molecular weight excluding hydrogens is 502 g/mol. The van der Waals surface area contributed by atoms with E-state index in [1.807, 2.05) is 0 Å². The molecule has 0 radical (unpaired) electrons. The van der Waals surface area contributed by atoms with Crippen molar-refractivity contribution >= 4 is 49.0 Å². The van der Waals surface area contributed by atoms with Crippen LogP contribution in [-0.2, 0) is 9.53 Å². The van der Waals surface area contributed by atoms with E-state index >= 15 is 0 Å². The zero-order chi connectivity index (χ0) is 20.4. The van der Waals surface area contributed by atoms with Crippen LogP contribution in [-0.4, -0.2) is 69.2 Å². The molecule has 8 nitrogen and oxygen atoms in total. The van der Waals surface area contributed by atoms with Gasteiger partial charge in [0.05, 0.1) is 27.0 Å². The van der Waals surface area contributed by atoms with Crippen LogP contribution in [0.3, 0.4) is 0 Å². The van der Waals surface area contributed by atoms with E-state index in [4.69, 9.17) is 9.47 Å². The maximum absolute atomic E-state index is 11.2. The molecule has 0 amide bonds. The van der Waals surface area contributed by atoms with E-state index in [2.05, 4.69) is 36.9 Å². The molecule has 1 aliphatic carbocycles. The summed E-state index contributed by atoms with van der Waals surface area (Å²) < 4.78 is 12.0. The average Bonchev–Trinajstić information content (AvgIpc) is 2.66. The van der Waals surface area contributed by atoms with Crippen LogP contribution in [0.4, 0.5) is 5.69 Å². The van der Waals surface area contributed by atoms with Crippen molar-refractivity contribution in [2.24, 2.45) is 4.99 Å². The molecule has 1 fully saturated rings. The normalized spacial score (nSPS) is 29.9. The lowest BCUT2D eigenvalue weighted by molar-refractivity contribution is -0.277. The Morgan fingerprint density at radius 1 is 1.00 bits per heavy atom. The molecule has 10 heteroatoms. The number of allylic oxidation sites excluding steroid dienone is 4. The smallest absolute Gasteiger partial charge is 0.229 e. The molecule has 3 rings (SSSR count). The predicted octanol–water partition coefficient (Wildman–Crippen LogP) is 1.16. The van der Waals surface area contributed by atoms with E-state index in [1.54, 1.807) is 24.3 Å². The number of hydrogen-bond donors (Lipinski definition) is 4. The molecular formula is C18H17Br2NO7. The van der Waals surface area contributed by atoms with Gasteiger partial charge in [-0.2, -0.15) is 0 Å². The highest BCUT2D eigenvalue weighted by Gasteiger charge is 2.45. The van der Waals surface area contributed by atoms with Crippen LogP contribution in [0.5, 0.6) is 5.75 Å². The van der Waals surface area contributed by atoms with Gasteiger partial charge in [-0.15, -0.1) is 0 Å². The molecule has 0 bridgehead atoms. The van der Waals surface area contributed by atoms with Crippen molar-refractivity contribution in [3.8, 4) is 5.75 Å². The molecule has 2 aliphatic rings. The molecule has 0 saturated carbocycles. The summed E-state index contributed by atoms with van der Waals surface area (Å²) >= 11 is 6.73. The lowest BCUT2D eigenvalue weighted by Gasteiger charge is -2.39. The molecule has 1 aliphatic heterocycles. The third kappa shape index (κ3) is 4.60. The second-order valence-corrected chi connectivity index (χ2v) is 7.87. The van der Waals surface area contributed by atoms with Gasteiger partial charge >= 0.3 is 0 Å². The second kappa shape index (κ2) is 8.95. The quantitative estimate of drug-likeness (QED) is 0.440. The lowest BCUT2D eigenvalue weighted by Crippen LogP contribution is -2.60. The maximum atomic E-state index is 11.2. The van der Waals surface area contributed by atoms with E-state index in [1.165, 1.54) is 12.2 Å². The van der Waals surface area contributed by atoms with E-state index in [0.29, 0.717) is 20.3 Å². The van der Waals surface area contributed by atoms with Crippen molar-refractivity contribution in [2.45, 2.75) is 30.7 Å². The van der Waals surface area contributed by atoms with E-state index in [0.717, 1.165) is 0 Å². The number of ether oxygens (including phenoxy) is 2. The fourth-order valence-electron chi connectivity index (χ4n) is 2.67. The maximum Gasteiger partial charge on any atom is 0.229 e. The minimum Gasteiger partial charge on any atom is -0.460 e. The zero-order valence-corrected chi connectivity index (χ0v) is 17.4. The summed E-state index contributed by atoms with van der Waals surface area (Å²) in [6, 6.07) is 3.32. The summed E-state index contributed by atoms with van der Waals surface area (Å²) in [7, 11) is 0. The van der Waals surface area contributed by atoms with Crippen LogP contribution in [0, 0.1) is 0 Å². The van der Waals surface area contributed by atoms with Gasteiger partial charge < -0.3 is 29.9 Å². The minimum absolute atomic E-state index is 0.107. The number of aliphatic hydroxyl groups excluding tert-OH is 4. The first-order chi connectivity index (χ1) is 13.3. The van der Waals surface area contributed by atoms with Crippen LogP contribution in [0.15, 0.2) is 50.4 Å². The molecule has 5 atom stereocenters. The Labute approximate surface area is 177 Å². The van der Waals surface area contributed by atoms with Crippen LogP contribution < -0.4 is 4.74 Å². The molecule has 0 aromatic heterocycles. The topological polar surface area (TPSA) is 129 Å². The zero-order valence-electron chi connectivity index (χ0n) is 14.3. The Hall–Kier alpha value is -1.40. The van der Waals surface area contributed by atoms with E-state index in [-0.39, 0.29) is 11.5 Å². The monoisotopic (exact) mass is 517 g/mol. The molecule has 150 valence electrons. The molecule has 4 N–H and O–H groups in total. The van der Waals surface area contributed by atoms with Crippen molar-refractivity contribution in [1.82, 2.24) is 0 Å². The lowest BCUT2D eigenvalue weighted by atomic mass is 9.99. The van der Waals surface area contributed by atoms with Crippen molar-refractivity contribution in [3.05, 3.63) is 45.4 Å². The van der Waals surface area contributed by atoms with Gasteiger partial charge in [0.15, 0.2) is 11.5 Å². The summed E-state index contributed by atoms with van der Waals surface area (Å²) in [5.41, 5.74) is 1.17. The van der Waals surface area contributed by atoms with Gasteiger partial charge in [0, 0.05) is 0 Å². The van der Waals surface area contributed by atoms with Crippen LogP contribution in [0.25, 0.3) is 0 Å². The fourth-order valence-corrected chi connectivity index (χ4v) is 4.02. The summed E-state index contributed by atoms with van der Waals surface area (Å²) in [6.45, 7) is -0.548. The fraction of sp³-hybridized carbons (Fsp3) is 0.333. The van der Waals surface area contributed by atoms with Gasteiger partial charge in [-0.25, -0.2) is 4.99 Å². The van der Waals surface area contributed by atoms with E-state index in [9.17, 15) is 25.2 Å². The Morgan fingerprint density at radius 2 is 1.61 bits per heavy atom. The van der Waals surface area contributed by atoms with Crippen molar-refractivity contribution in [1.29, 1.82) is 0 Å². The van der Waals surface area contributed by atoms with Crippen LogP contribution >= 0.6 is 31.9 Å². The highest BCUT2D eigenvalue weighted by molar-refractivity contribution is 9.11. The van der Waals surface area contributed by atoms with Gasteiger partial charge in [0.2, 0.25) is 6.29 Å². The predicted molar refractivity (Wildman–Crippen MR) is 107 cm³/mol. The van der Waals surface area contributed by atoms with Crippen molar-refractivity contribution < 1.29 is 34.7 Å². The first-order valence-electron chi connectivity index (χ1n) is 8.25. The van der Waals surface area contributed by atoms with Crippen molar-refractivity contribution in [2.75, 3.05) is 6.61 Å². The van der Waals surface area contributed by atoms with Crippen LogP contribution in [0.2, 0.25) is 0 Å². The summed E-state index contributed by atoms with van der Waals surface area (Å²) in [5, 5.41) is 39.1. The van der Waals surface area contributed by atoms with Crippen LogP contribution in [0.1, 0.15) is 0 Å². The standard InChI is InChI=1S/C18H17Br2NO7/c19-11-5-9(21-8-1-3-10(23)4-2-8)6-12(20)17(11)28-18-16(26)15(25)14(24)13(7-22)27-18/h1-6,13-16,18,22,24-26H,7H2/t13-,14-,15+,16-,18+/m1/s1. The third-order valence-electron chi connectivity index (χ3n) is 4.16. The van der Waals surface area contributed by atoms with Gasteiger partial charge in [-0.05, 0) is 68.3 Å². The number of carbonyl (C=O) groups is 1. The first kappa shape index (κ1) is 21.3. The number of ketones is 1. The summed E-state index contributed by atoms with van der Waals surface area (Å²) in [4.78, 5) is 15.6. The molecule has 0 spiro atoms. The van der Waals surface area contributed by atoms with Gasteiger partial charge in [-0.3, -0.25) is 4.79 Å². The van der Waals surface area contributed by atoms with E-state index < -0.39 is 37.3 Å². The Balaban J connectivity index is 1.82.